The van der Waals surface area contributed by atoms with Crippen molar-refractivity contribution in [2.45, 2.75) is 19.9 Å². The molecule has 0 saturated carbocycles. The maximum absolute atomic E-state index is 13.1. The number of halogens is 1. The highest BCUT2D eigenvalue weighted by Gasteiger charge is 2.21. The first-order valence-electron chi connectivity index (χ1n) is 9.24. The van der Waals surface area contributed by atoms with Gasteiger partial charge in [-0.25, -0.2) is 4.39 Å². The highest BCUT2D eigenvalue weighted by atomic mass is 19.1. The van der Waals surface area contributed by atoms with E-state index in [-0.39, 0.29) is 23.7 Å². The number of benzene rings is 2. The molecule has 2 amide bonds. The van der Waals surface area contributed by atoms with Crippen LogP contribution in [0.25, 0.3) is 0 Å². The summed E-state index contributed by atoms with van der Waals surface area (Å²) in [5.74, 6) is -0.715. The van der Waals surface area contributed by atoms with Gasteiger partial charge in [0.15, 0.2) is 0 Å². The summed E-state index contributed by atoms with van der Waals surface area (Å²) >= 11 is 0. The summed E-state index contributed by atoms with van der Waals surface area (Å²) in [5.41, 5.74) is 2.72. The van der Waals surface area contributed by atoms with Crippen molar-refractivity contribution >= 4 is 23.2 Å². The Morgan fingerprint density at radius 3 is 2.43 bits per heavy atom. The van der Waals surface area contributed by atoms with Gasteiger partial charge in [0.1, 0.15) is 5.82 Å². The fraction of sp³-hybridized carbons (Fsp3) is 0.333. The minimum atomic E-state index is -0.314. The lowest BCUT2D eigenvalue weighted by Gasteiger charge is -2.31. The van der Waals surface area contributed by atoms with Gasteiger partial charge in [0.25, 0.3) is 5.91 Å². The standard InChI is InChI=1S/C21H24FN3O3/c1-14(16-3-5-17(22)6-4-16)23-21(27)19-8-7-18(24-15(2)26)13-20(19)25-9-11-28-12-10-25/h3-8,13-14H,9-12H2,1-2H3,(H,23,27)(H,24,26)/t14-/m1/s1. The predicted octanol–water partition coefficient (Wildman–Crippen LogP) is 3.11. The molecule has 2 N–H and O–H groups in total. The Bertz CT molecular complexity index is 848. The third kappa shape index (κ3) is 4.86. The summed E-state index contributed by atoms with van der Waals surface area (Å²) in [4.78, 5) is 26.4. The molecule has 2 aromatic rings. The number of nitrogens with zero attached hydrogens (tertiary/aromatic N) is 1. The van der Waals surface area contributed by atoms with Crippen LogP contribution in [-0.2, 0) is 9.53 Å². The molecule has 148 valence electrons. The van der Waals surface area contributed by atoms with E-state index in [2.05, 4.69) is 15.5 Å². The third-order valence-corrected chi connectivity index (χ3v) is 4.63. The third-order valence-electron chi connectivity index (χ3n) is 4.63. The minimum absolute atomic E-state index is 0.171. The molecule has 1 heterocycles. The first-order chi connectivity index (χ1) is 13.4. The summed E-state index contributed by atoms with van der Waals surface area (Å²) in [7, 11) is 0. The topological polar surface area (TPSA) is 70.7 Å². The zero-order valence-electron chi connectivity index (χ0n) is 16.0. The van der Waals surface area contributed by atoms with E-state index in [1.54, 1.807) is 24.3 Å². The Morgan fingerprint density at radius 2 is 1.79 bits per heavy atom. The Kier molecular flexibility index (Phi) is 6.26. The van der Waals surface area contributed by atoms with E-state index in [9.17, 15) is 14.0 Å². The molecule has 2 aromatic carbocycles. The number of amides is 2. The Hall–Kier alpha value is -2.93. The second kappa shape index (κ2) is 8.84. The fourth-order valence-electron chi connectivity index (χ4n) is 3.18. The molecule has 0 aliphatic carbocycles. The highest BCUT2D eigenvalue weighted by molar-refractivity contribution is 6.01. The monoisotopic (exact) mass is 385 g/mol. The van der Waals surface area contributed by atoms with E-state index in [1.807, 2.05) is 13.0 Å². The van der Waals surface area contributed by atoms with Crippen LogP contribution in [0.1, 0.15) is 35.8 Å². The van der Waals surface area contributed by atoms with Gasteiger partial charge in [-0.1, -0.05) is 12.1 Å². The SMILES string of the molecule is CC(=O)Nc1ccc(C(=O)N[C@H](C)c2ccc(F)cc2)c(N2CCOCC2)c1. The summed E-state index contributed by atoms with van der Waals surface area (Å²) in [6.45, 7) is 5.79. The lowest BCUT2D eigenvalue weighted by molar-refractivity contribution is -0.114. The van der Waals surface area contributed by atoms with Crippen molar-refractivity contribution in [3.05, 3.63) is 59.4 Å². The van der Waals surface area contributed by atoms with Gasteiger partial charge in [0.05, 0.1) is 30.5 Å². The predicted molar refractivity (Wildman–Crippen MR) is 106 cm³/mol. The van der Waals surface area contributed by atoms with Crippen molar-refractivity contribution in [2.75, 3.05) is 36.5 Å². The number of rotatable bonds is 5. The number of nitrogens with one attached hydrogen (secondary N) is 2. The first-order valence-corrected chi connectivity index (χ1v) is 9.24. The molecule has 1 atom stereocenters. The van der Waals surface area contributed by atoms with Gasteiger partial charge in [-0.05, 0) is 42.8 Å². The molecule has 0 aromatic heterocycles. The van der Waals surface area contributed by atoms with Crippen molar-refractivity contribution < 1.29 is 18.7 Å². The number of hydrogen-bond donors (Lipinski definition) is 2. The van der Waals surface area contributed by atoms with Crippen LogP contribution in [0.3, 0.4) is 0 Å². The van der Waals surface area contributed by atoms with E-state index < -0.39 is 0 Å². The quantitative estimate of drug-likeness (QED) is 0.830. The molecule has 1 fully saturated rings. The van der Waals surface area contributed by atoms with Crippen LogP contribution in [0.4, 0.5) is 15.8 Å². The number of carbonyl (C=O) groups is 2. The normalized spacial score (nSPS) is 15.0. The first kappa shape index (κ1) is 19.8. The lowest BCUT2D eigenvalue weighted by atomic mass is 10.1. The number of morpholine rings is 1. The van der Waals surface area contributed by atoms with E-state index in [0.717, 1.165) is 11.3 Å². The van der Waals surface area contributed by atoms with Crippen LogP contribution in [0.15, 0.2) is 42.5 Å². The molecule has 28 heavy (non-hydrogen) atoms. The maximum Gasteiger partial charge on any atom is 0.253 e. The molecule has 0 radical (unpaired) electrons. The Morgan fingerprint density at radius 1 is 1.11 bits per heavy atom. The molecule has 1 aliphatic heterocycles. The van der Waals surface area contributed by atoms with Gasteiger partial charge in [0, 0.05) is 25.7 Å². The van der Waals surface area contributed by atoms with E-state index >= 15 is 0 Å². The molecule has 0 bridgehead atoms. The van der Waals surface area contributed by atoms with Crippen LogP contribution >= 0.6 is 0 Å². The van der Waals surface area contributed by atoms with Gasteiger partial charge in [-0.3, -0.25) is 9.59 Å². The van der Waals surface area contributed by atoms with Crippen LogP contribution in [-0.4, -0.2) is 38.1 Å². The van der Waals surface area contributed by atoms with Crippen molar-refractivity contribution in [3.8, 4) is 0 Å². The highest BCUT2D eigenvalue weighted by Crippen LogP contribution is 2.27. The zero-order valence-corrected chi connectivity index (χ0v) is 16.0. The van der Waals surface area contributed by atoms with Gasteiger partial charge in [0.2, 0.25) is 5.91 Å². The summed E-state index contributed by atoms with van der Waals surface area (Å²) < 4.78 is 18.5. The molecule has 0 unspecified atom stereocenters. The van der Waals surface area contributed by atoms with Crippen molar-refractivity contribution in [2.24, 2.45) is 0 Å². The second-order valence-electron chi connectivity index (χ2n) is 6.76. The van der Waals surface area contributed by atoms with Crippen molar-refractivity contribution in [3.63, 3.8) is 0 Å². The van der Waals surface area contributed by atoms with E-state index in [4.69, 9.17) is 4.74 Å². The van der Waals surface area contributed by atoms with Crippen molar-refractivity contribution in [1.82, 2.24) is 5.32 Å². The molecular formula is C21H24FN3O3. The molecule has 0 spiro atoms. The van der Waals surface area contributed by atoms with Crippen LogP contribution in [0, 0.1) is 5.82 Å². The summed E-state index contributed by atoms with van der Waals surface area (Å²) in [6.07, 6.45) is 0. The van der Waals surface area contributed by atoms with Gasteiger partial charge >= 0.3 is 0 Å². The molecule has 3 rings (SSSR count). The molecule has 7 heteroatoms. The number of hydrogen-bond acceptors (Lipinski definition) is 4. The summed E-state index contributed by atoms with van der Waals surface area (Å²) in [6, 6.07) is 11.0. The molecule has 6 nitrogen and oxygen atoms in total. The number of anilines is 2. The number of carbonyl (C=O) groups excluding carboxylic acids is 2. The smallest absolute Gasteiger partial charge is 0.253 e. The largest absolute Gasteiger partial charge is 0.378 e. The average molecular weight is 385 g/mol. The zero-order chi connectivity index (χ0) is 20.1. The lowest BCUT2D eigenvalue weighted by Crippen LogP contribution is -2.38. The summed E-state index contributed by atoms with van der Waals surface area (Å²) in [5, 5.41) is 5.72. The van der Waals surface area contributed by atoms with Crippen molar-refractivity contribution in [1.29, 1.82) is 0 Å². The number of ether oxygens (including phenoxy) is 1. The second-order valence-corrected chi connectivity index (χ2v) is 6.76. The van der Waals surface area contributed by atoms with E-state index in [0.29, 0.717) is 37.6 Å². The van der Waals surface area contributed by atoms with Crippen LogP contribution in [0.2, 0.25) is 0 Å². The van der Waals surface area contributed by atoms with Gasteiger partial charge in [-0.15, -0.1) is 0 Å². The molecular weight excluding hydrogens is 361 g/mol. The molecule has 1 saturated heterocycles. The van der Waals surface area contributed by atoms with E-state index in [1.165, 1.54) is 19.1 Å². The van der Waals surface area contributed by atoms with Gasteiger partial charge in [-0.2, -0.15) is 0 Å². The van der Waals surface area contributed by atoms with Crippen LogP contribution in [0.5, 0.6) is 0 Å². The maximum atomic E-state index is 13.1. The Balaban J connectivity index is 1.84. The van der Waals surface area contributed by atoms with Gasteiger partial charge < -0.3 is 20.3 Å². The fourth-order valence-corrected chi connectivity index (χ4v) is 3.18. The molecule has 1 aliphatic rings. The Labute approximate surface area is 163 Å². The average Bonchev–Trinajstić information content (AvgIpc) is 2.68. The van der Waals surface area contributed by atoms with Crippen LogP contribution < -0.4 is 15.5 Å². The minimum Gasteiger partial charge on any atom is -0.378 e.